The smallest absolute Gasteiger partial charge is 0.241 e. The fourth-order valence-corrected chi connectivity index (χ4v) is 3.81. The van der Waals surface area contributed by atoms with Crippen LogP contribution in [-0.4, -0.2) is 20.2 Å². The van der Waals surface area contributed by atoms with Crippen molar-refractivity contribution in [2.45, 2.75) is 24.3 Å². The lowest BCUT2D eigenvalue weighted by Crippen LogP contribution is -2.40. The van der Waals surface area contributed by atoms with Gasteiger partial charge in [0, 0.05) is 10.9 Å². The van der Waals surface area contributed by atoms with Gasteiger partial charge in [0.15, 0.2) is 5.78 Å². The number of nitrogens with one attached hydrogen (secondary N) is 1. The second kappa shape index (κ2) is 7.00. The SMILES string of the molecule is C=CCC(NS(=O)(=O)c1ccc(C)cc1)C(=O)c1ccsc1. The molecule has 1 heterocycles. The highest BCUT2D eigenvalue weighted by Gasteiger charge is 2.25. The molecule has 6 heteroatoms. The van der Waals surface area contributed by atoms with Crippen molar-refractivity contribution in [2.24, 2.45) is 0 Å². The molecule has 1 atom stereocenters. The van der Waals surface area contributed by atoms with E-state index < -0.39 is 16.1 Å². The molecule has 1 aromatic heterocycles. The standard InChI is InChI=1S/C16H17NO3S2/c1-3-4-15(16(18)13-9-10-21-11-13)17-22(19,20)14-7-5-12(2)6-8-14/h3,5-11,15,17H,1,4H2,2H3. The van der Waals surface area contributed by atoms with Gasteiger partial charge in [0.2, 0.25) is 10.0 Å². The molecule has 2 aromatic rings. The van der Waals surface area contributed by atoms with Gasteiger partial charge in [-0.05, 0) is 36.9 Å². The second-order valence-electron chi connectivity index (χ2n) is 4.89. The van der Waals surface area contributed by atoms with Crippen LogP contribution in [0.3, 0.4) is 0 Å². The fourth-order valence-electron chi connectivity index (χ4n) is 1.95. The number of hydrogen-bond acceptors (Lipinski definition) is 4. The maximum atomic E-state index is 12.4. The lowest BCUT2D eigenvalue weighted by molar-refractivity contribution is 0.0955. The number of Topliss-reactive ketones (excluding diaryl/α,β-unsaturated/α-hetero) is 1. The molecule has 0 saturated heterocycles. The first-order valence-corrected chi connectivity index (χ1v) is 9.13. The van der Waals surface area contributed by atoms with Crippen molar-refractivity contribution in [3.05, 3.63) is 64.9 Å². The number of rotatable bonds is 7. The lowest BCUT2D eigenvalue weighted by Gasteiger charge is -2.16. The number of sulfonamides is 1. The van der Waals surface area contributed by atoms with Crippen LogP contribution in [0.4, 0.5) is 0 Å². The minimum atomic E-state index is -3.75. The van der Waals surface area contributed by atoms with Crippen molar-refractivity contribution < 1.29 is 13.2 Å². The topological polar surface area (TPSA) is 63.2 Å². The van der Waals surface area contributed by atoms with E-state index in [4.69, 9.17) is 0 Å². The summed E-state index contributed by atoms with van der Waals surface area (Å²) < 4.78 is 27.3. The van der Waals surface area contributed by atoms with Crippen LogP contribution in [0.2, 0.25) is 0 Å². The van der Waals surface area contributed by atoms with Crippen molar-refractivity contribution >= 4 is 27.1 Å². The van der Waals surface area contributed by atoms with Gasteiger partial charge >= 0.3 is 0 Å². The highest BCUT2D eigenvalue weighted by molar-refractivity contribution is 7.89. The molecule has 116 valence electrons. The Morgan fingerprint density at radius 2 is 2.00 bits per heavy atom. The average Bonchev–Trinajstić information content (AvgIpc) is 3.00. The Balaban J connectivity index is 2.25. The highest BCUT2D eigenvalue weighted by Crippen LogP contribution is 2.15. The summed E-state index contributed by atoms with van der Waals surface area (Å²) in [5, 5.41) is 3.49. The van der Waals surface area contributed by atoms with E-state index in [2.05, 4.69) is 11.3 Å². The van der Waals surface area contributed by atoms with Gasteiger partial charge in [-0.1, -0.05) is 23.8 Å². The molecule has 1 N–H and O–H groups in total. The predicted octanol–water partition coefficient (Wildman–Crippen LogP) is 3.16. The molecule has 2 rings (SSSR count). The molecule has 0 fully saturated rings. The van der Waals surface area contributed by atoms with Gasteiger partial charge in [0.05, 0.1) is 10.9 Å². The number of benzene rings is 1. The molecule has 0 aliphatic heterocycles. The van der Waals surface area contributed by atoms with Crippen molar-refractivity contribution in [1.82, 2.24) is 4.72 Å². The van der Waals surface area contributed by atoms with Gasteiger partial charge in [-0.3, -0.25) is 4.79 Å². The molecule has 0 aliphatic rings. The molecule has 0 saturated carbocycles. The zero-order valence-corrected chi connectivity index (χ0v) is 13.8. The summed E-state index contributed by atoms with van der Waals surface area (Å²) >= 11 is 1.40. The molecule has 4 nitrogen and oxygen atoms in total. The third kappa shape index (κ3) is 3.91. The van der Waals surface area contributed by atoms with E-state index >= 15 is 0 Å². The molecule has 0 amide bonds. The van der Waals surface area contributed by atoms with Gasteiger partial charge in [0.25, 0.3) is 0 Å². The van der Waals surface area contributed by atoms with E-state index in [0.717, 1.165) is 5.56 Å². The lowest BCUT2D eigenvalue weighted by atomic mass is 10.1. The number of aryl methyl sites for hydroxylation is 1. The van der Waals surface area contributed by atoms with E-state index in [0.29, 0.717) is 5.56 Å². The fraction of sp³-hybridized carbons (Fsp3) is 0.188. The number of carbonyl (C=O) groups is 1. The summed E-state index contributed by atoms with van der Waals surface area (Å²) in [6, 6.07) is 7.33. The summed E-state index contributed by atoms with van der Waals surface area (Å²) in [5.74, 6) is -0.253. The van der Waals surface area contributed by atoms with E-state index in [1.54, 1.807) is 29.0 Å². The first kappa shape index (κ1) is 16.6. The first-order chi connectivity index (χ1) is 10.4. The van der Waals surface area contributed by atoms with E-state index in [-0.39, 0.29) is 17.1 Å². The Labute approximate surface area is 134 Å². The Kier molecular flexibility index (Phi) is 5.28. The Bertz CT molecular complexity index is 747. The quantitative estimate of drug-likeness (QED) is 0.624. The molecule has 22 heavy (non-hydrogen) atoms. The molecular formula is C16H17NO3S2. The summed E-state index contributed by atoms with van der Waals surface area (Å²) in [5.41, 5.74) is 1.47. The first-order valence-electron chi connectivity index (χ1n) is 6.70. The van der Waals surface area contributed by atoms with Crippen LogP contribution >= 0.6 is 11.3 Å². The third-order valence-electron chi connectivity index (χ3n) is 3.15. The number of ketones is 1. The van der Waals surface area contributed by atoms with Crippen LogP contribution < -0.4 is 4.72 Å². The minimum Gasteiger partial charge on any atom is -0.292 e. The van der Waals surface area contributed by atoms with Crippen molar-refractivity contribution in [1.29, 1.82) is 0 Å². The van der Waals surface area contributed by atoms with Gasteiger partial charge in [-0.15, -0.1) is 6.58 Å². The molecule has 1 unspecified atom stereocenters. The molecule has 0 aliphatic carbocycles. The van der Waals surface area contributed by atoms with Crippen LogP contribution in [0.1, 0.15) is 22.3 Å². The van der Waals surface area contributed by atoms with Gasteiger partial charge in [0.1, 0.15) is 0 Å². The molecular weight excluding hydrogens is 318 g/mol. The van der Waals surface area contributed by atoms with Crippen LogP contribution in [-0.2, 0) is 10.0 Å². The van der Waals surface area contributed by atoms with E-state index in [1.165, 1.54) is 29.5 Å². The number of carbonyl (C=O) groups excluding carboxylic acids is 1. The largest absolute Gasteiger partial charge is 0.292 e. The average molecular weight is 335 g/mol. The zero-order valence-electron chi connectivity index (χ0n) is 12.2. The van der Waals surface area contributed by atoms with Crippen LogP contribution in [0.5, 0.6) is 0 Å². The normalized spacial score (nSPS) is 12.8. The number of thiophene rings is 1. The number of hydrogen-bond donors (Lipinski definition) is 1. The summed E-state index contributed by atoms with van der Waals surface area (Å²) in [6.45, 7) is 5.47. The maximum Gasteiger partial charge on any atom is 0.241 e. The zero-order chi connectivity index (χ0) is 16.2. The Morgan fingerprint density at radius 3 is 2.55 bits per heavy atom. The Morgan fingerprint density at radius 1 is 1.32 bits per heavy atom. The van der Waals surface area contributed by atoms with Crippen molar-refractivity contribution in [2.75, 3.05) is 0 Å². The maximum absolute atomic E-state index is 12.4. The van der Waals surface area contributed by atoms with Crippen LogP contribution in [0, 0.1) is 6.92 Å². The van der Waals surface area contributed by atoms with Crippen LogP contribution in [0.25, 0.3) is 0 Å². The highest BCUT2D eigenvalue weighted by atomic mass is 32.2. The summed E-state index contributed by atoms with van der Waals surface area (Å²) in [4.78, 5) is 12.5. The van der Waals surface area contributed by atoms with Crippen molar-refractivity contribution in [3.8, 4) is 0 Å². The predicted molar refractivity (Wildman–Crippen MR) is 88.8 cm³/mol. The van der Waals surface area contributed by atoms with Gasteiger partial charge in [-0.25, -0.2) is 8.42 Å². The molecule has 0 spiro atoms. The van der Waals surface area contributed by atoms with Gasteiger partial charge in [-0.2, -0.15) is 16.1 Å². The minimum absolute atomic E-state index is 0.144. The van der Waals surface area contributed by atoms with E-state index in [1.807, 2.05) is 6.92 Å². The van der Waals surface area contributed by atoms with Crippen LogP contribution in [0.15, 0.2) is 58.6 Å². The molecule has 0 radical (unpaired) electrons. The Hall–Kier alpha value is -1.76. The van der Waals surface area contributed by atoms with Crippen molar-refractivity contribution in [3.63, 3.8) is 0 Å². The van der Waals surface area contributed by atoms with E-state index in [9.17, 15) is 13.2 Å². The second-order valence-corrected chi connectivity index (χ2v) is 7.38. The molecule has 0 bridgehead atoms. The molecule has 1 aromatic carbocycles. The monoisotopic (exact) mass is 335 g/mol. The summed E-state index contributed by atoms with van der Waals surface area (Å²) in [6.07, 6.45) is 1.77. The third-order valence-corrected chi connectivity index (χ3v) is 5.32. The van der Waals surface area contributed by atoms with Gasteiger partial charge < -0.3 is 0 Å². The summed E-state index contributed by atoms with van der Waals surface area (Å²) in [7, 11) is -3.75.